The van der Waals surface area contributed by atoms with Gasteiger partial charge in [0, 0.05) is 43.3 Å². The van der Waals surface area contributed by atoms with E-state index in [1.54, 1.807) is 12.1 Å². The van der Waals surface area contributed by atoms with Crippen LogP contribution in [-0.4, -0.2) is 69.0 Å². The van der Waals surface area contributed by atoms with Crippen molar-refractivity contribution in [2.75, 3.05) is 45.9 Å². The number of amides is 1. The maximum Gasteiger partial charge on any atom is 0.250 e. The molecular weight excluding hydrogens is 361 g/mol. The number of benzene rings is 1. The zero-order valence-corrected chi connectivity index (χ0v) is 15.6. The average Bonchev–Trinajstić information content (AvgIpc) is 2.64. The van der Waals surface area contributed by atoms with Crippen LogP contribution in [0.3, 0.4) is 0 Å². The molecule has 2 fully saturated rings. The van der Waals surface area contributed by atoms with Crippen molar-refractivity contribution in [2.45, 2.75) is 25.2 Å². The van der Waals surface area contributed by atoms with Gasteiger partial charge in [-0.15, -0.1) is 0 Å². The zero-order valence-electron chi connectivity index (χ0n) is 14.8. The Labute approximate surface area is 158 Å². The van der Waals surface area contributed by atoms with Gasteiger partial charge in [0.15, 0.2) is 0 Å². The lowest BCUT2D eigenvalue weighted by Gasteiger charge is -2.38. The summed E-state index contributed by atoms with van der Waals surface area (Å²) in [5.74, 6) is -0.567. The van der Waals surface area contributed by atoms with Crippen LogP contribution in [0.4, 0.5) is 4.39 Å². The molecule has 144 valence electrons. The fourth-order valence-electron chi connectivity index (χ4n) is 3.42. The van der Waals surface area contributed by atoms with E-state index < -0.39 is 6.10 Å². The summed E-state index contributed by atoms with van der Waals surface area (Å²) in [6.07, 6.45) is -0.484. The Balaban J connectivity index is 1.75. The molecule has 3 unspecified atom stereocenters. The number of hydrogen-bond acceptors (Lipinski definition) is 5. The van der Waals surface area contributed by atoms with Crippen LogP contribution in [0.1, 0.15) is 18.5 Å². The largest absolute Gasteiger partial charge is 0.376 e. The molecule has 0 spiro atoms. The molecule has 2 heterocycles. The molecule has 3 atom stereocenters. The van der Waals surface area contributed by atoms with Crippen molar-refractivity contribution in [3.8, 4) is 0 Å². The Bertz CT molecular complexity index is 607. The third-order valence-electron chi connectivity index (χ3n) is 4.74. The second-order valence-corrected chi connectivity index (χ2v) is 7.04. The van der Waals surface area contributed by atoms with E-state index in [9.17, 15) is 9.18 Å². The van der Waals surface area contributed by atoms with Crippen LogP contribution < -0.4 is 10.6 Å². The number of carbonyl (C=O) groups excluding carboxylic acids is 1. The van der Waals surface area contributed by atoms with E-state index in [4.69, 9.17) is 21.1 Å². The lowest BCUT2D eigenvalue weighted by atomic mass is 10.0. The molecule has 2 saturated heterocycles. The minimum absolute atomic E-state index is 0.0402. The standard InChI is InChI=1S/C18H25ClFN3O3/c1-12-11-23(6-8-25-12)15(17-13(19)3-2-4-14(17)20)9-22-18(24)16-10-21-5-7-26-16/h2-4,12,15-16,21H,5-11H2,1H3,(H,22,24). The van der Waals surface area contributed by atoms with Gasteiger partial charge in [0.1, 0.15) is 11.9 Å². The van der Waals surface area contributed by atoms with Gasteiger partial charge in [-0.25, -0.2) is 4.39 Å². The van der Waals surface area contributed by atoms with Gasteiger partial charge in [-0.3, -0.25) is 9.69 Å². The van der Waals surface area contributed by atoms with E-state index in [1.165, 1.54) is 6.07 Å². The first-order valence-electron chi connectivity index (χ1n) is 8.96. The first-order chi connectivity index (χ1) is 12.6. The quantitative estimate of drug-likeness (QED) is 0.801. The van der Waals surface area contributed by atoms with Crippen LogP contribution in [0.2, 0.25) is 5.02 Å². The number of nitrogens with one attached hydrogen (secondary N) is 2. The molecule has 2 N–H and O–H groups in total. The number of rotatable bonds is 5. The van der Waals surface area contributed by atoms with Gasteiger partial charge in [0.2, 0.25) is 0 Å². The van der Waals surface area contributed by atoms with Gasteiger partial charge in [-0.1, -0.05) is 17.7 Å². The molecule has 0 radical (unpaired) electrons. The van der Waals surface area contributed by atoms with Crippen LogP contribution in [0.15, 0.2) is 18.2 Å². The number of morpholine rings is 2. The van der Waals surface area contributed by atoms with Crippen LogP contribution in [-0.2, 0) is 14.3 Å². The van der Waals surface area contributed by atoms with Crippen LogP contribution in [0.25, 0.3) is 0 Å². The topological polar surface area (TPSA) is 62.8 Å². The van der Waals surface area contributed by atoms with Crippen molar-refractivity contribution in [3.05, 3.63) is 34.6 Å². The molecule has 1 aromatic carbocycles. The second-order valence-electron chi connectivity index (χ2n) is 6.64. The predicted molar refractivity (Wildman–Crippen MR) is 96.8 cm³/mol. The highest BCUT2D eigenvalue weighted by molar-refractivity contribution is 6.31. The van der Waals surface area contributed by atoms with Gasteiger partial charge in [-0.2, -0.15) is 0 Å². The lowest BCUT2D eigenvalue weighted by molar-refractivity contribution is -0.134. The molecule has 2 aliphatic rings. The number of halogens is 2. The van der Waals surface area contributed by atoms with Crippen molar-refractivity contribution in [2.24, 2.45) is 0 Å². The van der Waals surface area contributed by atoms with E-state index in [1.807, 2.05) is 6.92 Å². The van der Waals surface area contributed by atoms with Crippen molar-refractivity contribution >= 4 is 17.5 Å². The molecule has 0 aliphatic carbocycles. The van der Waals surface area contributed by atoms with Crippen LogP contribution in [0.5, 0.6) is 0 Å². The minimum Gasteiger partial charge on any atom is -0.376 e. The highest BCUT2D eigenvalue weighted by Gasteiger charge is 2.30. The van der Waals surface area contributed by atoms with Gasteiger partial charge in [-0.05, 0) is 19.1 Å². The summed E-state index contributed by atoms with van der Waals surface area (Å²) in [5, 5.41) is 6.39. The van der Waals surface area contributed by atoms with Crippen molar-refractivity contribution in [1.29, 1.82) is 0 Å². The summed E-state index contributed by atoms with van der Waals surface area (Å²) >= 11 is 6.30. The summed E-state index contributed by atoms with van der Waals surface area (Å²) in [6.45, 7) is 5.81. The summed E-state index contributed by atoms with van der Waals surface area (Å²) in [6, 6.07) is 4.29. The van der Waals surface area contributed by atoms with E-state index in [0.717, 1.165) is 6.54 Å². The first-order valence-corrected chi connectivity index (χ1v) is 9.33. The SMILES string of the molecule is CC1CN(C(CNC(=O)C2CNCCO2)c2c(F)cccc2Cl)CCO1. The van der Waals surface area contributed by atoms with E-state index in [0.29, 0.717) is 43.4 Å². The van der Waals surface area contributed by atoms with E-state index in [2.05, 4.69) is 15.5 Å². The number of ether oxygens (including phenoxy) is 2. The molecule has 0 bridgehead atoms. The van der Waals surface area contributed by atoms with Crippen LogP contribution in [0, 0.1) is 5.82 Å². The summed E-state index contributed by atoms with van der Waals surface area (Å²) in [4.78, 5) is 14.5. The Kier molecular flexibility index (Phi) is 6.83. The third-order valence-corrected chi connectivity index (χ3v) is 5.07. The Morgan fingerprint density at radius 3 is 3.00 bits per heavy atom. The molecule has 6 nitrogen and oxygen atoms in total. The highest BCUT2D eigenvalue weighted by atomic mass is 35.5. The van der Waals surface area contributed by atoms with E-state index in [-0.39, 0.29) is 30.4 Å². The highest BCUT2D eigenvalue weighted by Crippen LogP contribution is 2.31. The molecule has 0 saturated carbocycles. The molecule has 8 heteroatoms. The van der Waals surface area contributed by atoms with Crippen molar-refractivity contribution < 1.29 is 18.7 Å². The second kappa shape index (κ2) is 9.10. The maximum absolute atomic E-state index is 14.5. The Morgan fingerprint density at radius 1 is 1.46 bits per heavy atom. The summed E-state index contributed by atoms with van der Waals surface area (Å²) in [7, 11) is 0. The fourth-order valence-corrected chi connectivity index (χ4v) is 3.71. The van der Waals surface area contributed by atoms with Crippen molar-refractivity contribution in [3.63, 3.8) is 0 Å². The molecule has 1 aromatic rings. The Morgan fingerprint density at radius 2 is 2.31 bits per heavy atom. The monoisotopic (exact) mass is 385 g/mol. The van der Waals surface area contributed by atoms with Gasteiger partial charge in [0.25, 0.3) is 5.91 Å². The number of hydrogen-bond donors (Lipinski definition) is 2. The molecule has 3 rings (SSSR count). The fraction of sp³-hybridized carbons (Fsp3) is 0.611. The normalized spacial score (nSPS) is 25.7. The first kappa shape index (κ1) is 19.5. The zero-order chi connectivity index (χ0) is 18.5. The van der Waals surface area contributed by atoms with E-state index >= 15 is 0 Å². The summed E-state index contributed by atoms with van der Waals surface area (Å²) < 4.78 is 25.6. The van der Waals surface area contributed by atoms with Crippen molar-refractivity contribution in [1.82, 2.24) is 15.5 Å². The predicted octanol–water partition coefficient (Wildman–Crippen LogP) is 1.35. The molecular formula is C18H25ClFN3O3. The molecule has 2 aliphatic heterocycles. The number of carbonyl (C=O) groups is 1. The summed E-state index contributed by atoms with van der Waals surface area (Å²) in [5.41, 5.74) is 0.409. The Hall–Kier alpha value is -1.25. The average molecular weight is 386 g/mol. The van der Waals surface area contributed by atoms with Gasteiger partial charge >= 0.3 is 0 Å². The van der Waals surface area contributed by atoms with Gasteiger partial charge in [0.05, 0.1) is 25.4 Å². The molecule has 26 heavy (non-hydrogen) atoms. The minimum atomic E-state index is -0.524. The smallest absolute Gasteiger partial charge is 0.250 e. The lowest BCUT2D eigenvalue weighted by Crippen LogP contribution is -2.51. The third kappa shape index (κ3) is 4.72. The number of nitrogens with zero attached hydrogens (tertiary/aromatic N) is 1. The van der Waals surface area contributed by atoms with Gasteiger partial charge < -0.3 is 20.1 Å². The maximum atomic E-state index is 14.5. The molecule has 1 amide bonds. The van der Waals surface area contributed by atoms with Crippen LogP contribution >= 0.6 is 11.6 Å². The molecule has 0 aromatic heterocycles.